The Morgan fingerprint density at radius 2 is 1.86 bits per heavy atom. The van der Waals surface area contributed by atoms with E-state index in [1.165, 1.54) is 26.4 Å². The van der Waals surface area contributed by atoms with Crippen molar-refractivity contribution in [1.29, 1.82) is 0 Å². The number of hydrogen-bond donors (Lipinski definition) is 0. The molecular weight excluding hydrogens is 305 g/mol. The highest BCUT2D eigenvalue weighted by molar-refractivity contribution is 14.1. The molecule has 0 aliphatic rings. The first-order chi connectivity index (χ1) is 6.61. The third kappa shape index (κ3) is 2.08. The fourth-order valence-electron chi connectivity index (χ4n) is 1.09. The minimum atomic E-state index is -2.54. The largest absolute Gasteiger partial charge is 0.496 e. The number of rotatable bonds is 3. The van der Waals surface area contributed by atoms with Gasteiger partial charge in [-0.05, 0) is 34.7 Å². The highest BCUT2D eigenvalue weighted by Gasteiger charge is 2.18. The molecule has 0 aromatic heterocycles. The Morgan fingerprint density at radius 3 is 2.29 bits per heavy atom. The van der Waals surface area contributed by atoms with E-state index >= 15 is 0 Å². The van der Waals surface area contributed by atoms with E-state index in [-0.39, 0.29) is 11.3 Å². The first-order valence-corrected chi connectivity index (χ1v) is 4.88. The minimum Gasteiger partial charge on any atom is -0.496 e. The SMILES string of the molecule is COc1ccc(C(F)F)c(OC)c1I. The van der Waals surface area contributed by atoms with Gasteiger partial charge in [-0.15, -0.1) is 0 Å². The van der Waals surface area contributed by atoms with Crippen LogP contribution in [0.15, 0.2) is 12.1 Å². The van der Waals surface area contributed by atoms with E-state index in [0.717, 1.165) is 0 Å². The average Bonchev–Trinajstić information content (AvgIpc) is 2.17. The van der Waals surface area contributed by atoms with Crippen LogP contribution in [0.4, 0.5) is 8.78 Å². The van der Waals surface area contributed by atoms with Crippen LogP contribution in [0.1, 0.15) is 12.0 Å². The summed E-state index contributed by atoms with van der Waals surface area (Å²) in [7, 11) is 2.85. The van der Waals surface area contributed by atoms with Gasteiger partial charge in [-0.25, -0.2) is 8.78 Å². The average molecular weight is 314 g/mol. The first kappa shape index (κ1) is 11.5. The minimum absolute atomic E-state index is 0.113. The fourth-order valence-corrected chi connectivity index (χ4v) is 2.02. The lowest BCUT2D eigenvalue weighted by atomic mass is 10.2. The Labute approximate surface area is 94.3 Å². The van der Waals surface area contributed by atoms with Crippen molar-refractivity contribution in [2.45, 2.75) is 6.43 Å². The van der Waals surface area contributed by atoms with Crippen molar-refractivity contribution in [3.8, 4) is 11.5 Å². The summed E-state index contributed by atoms with van der Waals surface area (Å²) < 4.78 is 35.5. The summed E-state index contributed by atoms with van der Waals surface area (Å²) in [4.78, 5) is 0. The van der Waals surface area contributed by atoms with Gasteiger partial charge in [0.1, 0.15) is 11.5 Å². The number of hydrogen-bond acceptors (Lipinski definition) is 2. The van der Waals surface area contributed by atoms with E-state index in [1.807, 2.05) is 22.6 Å². The fraction of sp³-hybridized carbons (Fsp3) is 0.333. The molecule has 0 aliphatic carbocycles. The molecule has 14 heavy (non-hydrogen) atoms. The molecule has 1 rings (SSSR count). The molecule has 1 aromatic carbocycles. The second kappa shape index (κ2) is 4.77. The highest BCUT2D eigenvalue weighted by Crippen LogP contribution is 2.37. The molecular formula is C9H9F2IO2. The lowest BCUT2D eigenvalue weighted by molar-refractivity contribution is 0.146. The Morgan fingerprint density at radius 1 is 1.21 bits per heavy atom. The summed E-state index contributed by atoms with van der Waals surface area (Å²) in [6.07, 6.45) is -2.54. The highest BCUT2D eigenvalue weighted by atomic mass is 127. The van der Waals surface area contributed by atoms with Crippen molar-refractivity contribution in [2.24, 2.45) is 0 Å². The van der Waals surface area contributed by atoms with Crippen molar-refractivity contribution in [3.63, 3.8) is 0 Å². The quantitative estimate of drug-likeness (QED) is 0.798. The molecule has 0 atom stereocenters. The van der Waals surface area contributed by atoms with Gasteiger partial charge in [0.15, 0.2) is 0 Å². The van der Waals surface area contributed by atoms with E-state index in [9.17, 15) is 8.78 Å². The van der Waals surface area contributed by atoms with Crippen molar-refractivity contribution < 1.29 is 18.3 Å². The van der Waals surface area contributed by atoms with E-state index < -0.39 is 6.43 Å². The van der Waals surface area contributed by atoms with E-state index in [0.29, 0.717) is 9.32 Å². The van der Waals surface area contributed by atoms with Crippen LogP contribution in [-0.2, 0) is 0 Å². The van der Waals surface area contributed by atoms with Crippen LogP contribution in [0.25, 0.3) is 0 Å². The van der Waals surface area contributed by atoms with Crippen LogP contribution in [0.5, 0.6) is 11.5 Å². The van der Waals surface area contributed by atoms with Crippen molar-refractivity contribution in [2.75, 3.05) is 14.2 Å². The second-order valence-corrected chi connectivity index (χ2v) is 3.58. The van der Waals surface area contributed by atoms with E-state index in [4.69, 9.17) is 9.47 Å². The molecule has 5 heteroatoms. The van der Waals surface area contributed by atoms with Gasteiger partial charge in [-0.1, -0.05) is 0 Å². The van der Waals surface area contributed by atoms with Gasteiger partial charge < -0.3 is 9.47 Å². The molecule has 0 saturated carbocycles. The summed E-state index contributed by atoms with van der Waals surface area (Å²) >= 11 is 1.92. The van der Waals surface area contributed by atoms with Gasteiger partial charge in [0.25, 0.3) is 6.43 Å². The number of ether oxygens (including phenoxy) is 2. The number of benzene rings is 1. The number of halogens is 3. The van der Waals surface area contributed by atoms with E-state index in [2.05, 4.69) is 0 Å². The number of methoxy groups -OCH3 is 2. The van der Waals surface area contributed by atoms with Gasteiger partial charge >= 0.3 is 0 Å². The third-order valence-corrected chi connectivity index (χ3v) is 2.77. The molecule has 0 spiro atoms. The van der Waals surface area contributed by atoms with Gasteiger partial charge in [-0.3, -0.25) is 0 Å². The molecule has 0 N–H and O–H groups in total. The molecule has 0 heterocycles. The Hall–Kier alpha value is -0.590. The zero-order valence-corrected chi connectivity index (χ0v) is 9.84. The molecule has 0 saturated heterocycles. The van der Waals surface area contributed by atoms with Crippen LogP contribution in [0.2, 0.25) is 0 Å². The maximum Gasteiger partial charge on any atom is 0.267 e. The normalized spacial score (nSPS) is 10.4. The van der Waals surface area contributed by atoms with Crippen molar-refractivity contribution in [1.82, 2.24) is 0 Å². The predicted molar refractivity (Wildman–Crippen MR) is 57.2 cm³/mol. The van der Waals surface area contributed by atoms with Crippen LogP contribution in [0, 0.1) is 3.57 Å². The molecule has 0 unspecified atom stereocenters. The second-order valence-electron chi connectivity index (χ2n) is 2.50. The molecule has 0 fully saturated rings. The Balaban J connectivity index is 3.28. The Kier molecular flexibility index (Phi) is 3.91. The molecule has 0 bridgehead atoms. The predicted octanol–water partition coefficient (Wildman–Crippen LogP) is 3.25. The molecule has 0 amide bonds. The van der Waals surface area contributed by atoms with Crippen LogP contribution >= 0.6 is 22.6 Å². The van der Waals surface area contributed by atoms with E-state index in [1.54, 1.807) is 0 Å². The van der Waals surface area contributed by atoms with Gasteiger partial charge in [0, 0.05) is 0 Å². The molecule has 78 valence electrons. The maximum atomic E-state index is 12.5. The van der Waals surface area contributed by atoms with Gasteiger partial charge in [0.05, 0.1) is 23.4 Å². The lowest BCUT2D eigenvalue weighted by Crippen LogP contribution is -1.97. The smallest absolute Gasteiger partial charge is 0.267 e. The van der Waals surface area contributed by atoms with Gasteiger partial charge in [0.2, 0.25) is 0 Å². The summed E-state index contributed by atoms with van der Waals surface area (Å²) in [5.41, 5.74) is -0.113. The summed E-state index contributed by atoms with van der Waals surface area (Å²) in [6, 6.07) is 2.82. The Bertz CT molecular complexity index is 329. The summed E-state index contributed by atoms with van der Waals surface area (Å²) in [5, 5.41) is 0. The molecule has 0 aliphatic heterocycles. The van der Waals surface area contributed by atoms with Gasteiger partial charge in [-0.2, -0.15) is 0 Å². The summed E-state index contributed by atoms with van der Waals surface area (Å²) in [5.74, 6) is 0.715. The lowest BCUT2D eigenvalue weighted by Gasteiger charge is -2.12. The zero-order valence-electron chi connectivity index (χ0n) is 7.68. The monoisotopic (exact) mass is 314 g/mol. The van der Waals surface area contributed by atoms with Crippen LogP contribution in [0.3, 0.4) is 0 Å². The van der Waals surface area contributed by atoms with Crippen LogP contribution in [-0.4, -0.2) is 14.2 Å². The molecule has 2 nitrogen and oxygen atoms in total. The van der Waals surface area contributed by atoms with Crippen molar-refractivity contribution in [3.05, 3.63) is 21.3 Å². The molecule has 0 radical (unpaired) electrons. The number of alkyl halides is 2. The third-order valence-electron chi connectivity index (χ3n) is 1.75. The maximum absolute atomic E-state index is 12.5. The zero-order chi connectivity index (χ0) is 10.7. The molecule has 1 aromatic rings. The summed E-state index contributed by atoms with van der Waals surface area (Å²) in [6.45, 7) is 0. The topological polar surface area (TPSA) is 18.5 Å². The van der Waals surface area contributed by atoms with Crippen molar-refractivity contribution >= 4 is 22.6 Å². The van der Waals surface area contributed by atoms with Crippen LogP contribution < -0.4 is 9.47 Å². The first-order valence-electron chi connectivity index (χ1n) is 3.80. The standard InChI is InChI=1S/C9H9F2IO2/c1-13-6-4-3-5(9(10)11)8(14-2)7(6)12/h3-4,9H,1-2H3.